The zero-order chi connectivity index (χ0) is 23.3. The highest BCUT2D eigenvalue weighted by Crippen LogP contribution is 2.25. The van der Waals surface area contributed by atoms with E-state index in [4.69, 9.17) is 4.74 Å². The summed E-state index contributed by atoms with van der Waals surface area (Å²) in [7, 11) is -3.64. The van der Waals surface area contributed by atoms with Crippen LogP contribution in [0.15, 0.2) is 66.0 Å². The van der Waals surface area contributed by atoms with E-state index in [0.717, 1.165) is 0 Å². The van der Waals surface area contributed by atoms with Crippen molar-refractivity contribution in [2.45, 2.75) is 51.2 Å². The van der Waals surface area contributed by atoms with Crippen LogP contribution in [0.4, 0.5) is 10.2 Å². The van der Waals surface area contributed by atoms with E-state index in [2.05, 4.69) is 15.3 Å². The number of pyridine rings is 2. The largest absolute Gasteiger partial charge is 0.453 e. The second-order valence-corrected chi connectivity index (χ2v) is 9.65. The number of aromatic nitrogens is 2. The summed E-state index contributed by atoms with van der Waals surface area (Å²) >= 11 is 0. The Kier molecular flexibility index (Phi) is 7.42. The van der Waals surface area contributed by atoms with Gasteiger partial charge < -0.3 is 10.1 Å². The van der Waals surface area contributed by atoms with Crippen molar-refractivity contribution in [1.82, 2.24) is 14.3 Å². The van der Waals surface area contributed by atoms with Crippen LogP contribution in [0.3, 0.4) is 0 Å². The highest BCUT2D eigenvalue weighted by Gasteiger charge is 2.29. The number of ether oxygens (including phenoxy) is 1. The molecule has 32 heavy (non-hydrogen) atoms. The first-order valence-corrected chi connectivity index (χ1v) is 11.7. The van der Waals surface area contributed by atoms with Gasteiger partial charge in [0.1, 0.15) is 16.5 Å². The Morgan fingerprint density at radius 2 is 1.81 bits per heavy atom. The average molecular weight is 459 g/mol. The Balaban J connectivity index is 1.66. The smallest absolute Gasteiger partial charge is 0.245 e. The minimum atomic E-state index is -3.64. The molecule has 0 bridgehead atoms. The van der Waals surface area contributed by atoms with Crippen LogP contribution in [0.5, 0.6) is 11.5 Å². The van der Waals surface area contributed by atoms with Crippen LogP contribution in [0, 0.1) is 5.82 Å². The molecule has 0 unspecified atom stereocenters. The highest BCUT2D eigenvalue weighted by atomic mass is 32.2. The lowest BCUT2D eigenvalue weighted by Crippen LogP contribution is -2.41. The highest BCUT2D eigenvalue weighted by molar-refractivity contribution is 7.89. The molecule has 2 heterocycles. The molecule has 0 saturated heterocycles. The van der Waals surface area contributed by atoms with E-state index >= 15 is 0 Å². The first-order chi connectivity index (χ1) is 15.2. The van der Waals surface area contributed by atoms with Crippen LogP contribution < -0.4 is 10.1 Å². The Labute approximate surface area is 188 Å². The molecule has 0 fully saturated rings. The summed E-state index contributed by atoms with van der Waals surface area (Å²) in [5, 5.41) is 3.07. The number of rotatable bonds is 9. The number of nitrogens with zero attached hydrogens (tertiary/aromatic N) is 3. The van der Waals surface area contributed by atoms with Gasteiger partial charge in [-0.1, -0.05) is 6.07 Å². The minimum Gasteiger partial charge on any atom is -0.453 e. The molecule has 170 valence electrons. The molecule has 7 nitrogen and oxygen atoms in total. The van der Waals surface area contributed by atoms with Gasteiger partial charge in [0.15, 0.2) is 11.6 Å². The molecular formula is C23H27FN4O3S. The third-order valence-corrected chi connectivity index (χ3v) is 6.90. The summed E-state index contributed by atoms with van der Waals surface area (Å²) in [5.74, 6) is 0.546. The maximum Gasteiger partial charge on any atom is 0.245 e. The summed E-state index contributed by atoms with van der Waals surface area (Å²) in [6.07, 6.45) is 4.45. The monoisotopic (exact) mass is 458 g/mol. The fourth-order valence-corrected chi connectivity index (χ4v) is 5.15. The van der Waals surface area contributed by atoms with Crippen molar-refractivity contribution in [2.24, 2.45) is 0 Å². The predicted molar refractivity (Wildman–Crippen MR) is 122 cm³/mol. The molecule has 0 radical (unpaired) electrons. The molecule has 0 saturated carbocycles. The lowest BCUT2D eigenvalue weighted by Gasteiger charge is -2.29. The Morgan fingerprint density at radius 3 is 2.38 bits per heavy atom. The standard InChI is InChI=1S/C23H27FN4O3S/c1-16(2)28(17(3)4)32(29,30)20-8-10-23(27-15-20)26-13-18-7-9-22(21(24)12-18)31-19-6-5-11-25-14-19/h5-12,14-17H,13H2,1-4H3,(H,26,27). The molecule has 1 N–H and O–H groups in total. The van der Waals surface area contributed by atoms with Gasteiger partial charge in [0, 0.05) is 31.0 Å². The van der Waals surface area contributed by atoms with Crippen LogP contribution in [0.2, 0.25) is 0 Å². The van der Waals surface area contributed by atoms with Crippen molar-refractivity contribution >= 4 is 15.8 Å². The summed E-state index contributed by atoms with van der Waals surface area (Å²) in [6.45, 7) is 7.67. The van der Waals surface area contributed by atoms with E-state index in [1.54, 1.807) is 36.5 Å². The van der Waals surface area contributed by atoms with E-state index in [9.17, 15) is 12.8 Å². The van der Waals surface area contributed by atoms with Crippen molar-refractivity contribution in [1.29, 1.82) is 0 Å². The van der Waals surface area contributed by atoms with Gasteiger partial charge >= 0.3 is 0 Å². The molecule has 0 aliphatic carbocycles. The molecule has 0 aliphatic rings. The molecule has 0 aliphatic heterocycles. The van der Waals surface area contributed by atoms with Gasteiger partial charge in [-0.05, 0) is 69.7 Å². The van der Waals surface area contributed by atoms with Gasteiger partial charge in [-0.2, -0.15) is 4.31 Å². The van der Waals surface area contributed by atoms with Gasteiger partial charge in [-0.3, -0.25) is 4.98 Å². The lowest BCUT2D eigenvalue weighted by atomic mass is 10.2. The van der Waals surface area contributed by atoms with Gasteiger partial charge in [-0.25, -0.2) is 17.8 Å². The molecule has 3 rings (SSSR count). The number of nitrogens with one attached hydrogen (secondary N) is 1. The summed E-state index contributed by atoms with van der Waals surface area (Å²) in [6, 6.07) is 10.8. The first kappa shape index (κ1) is 23.6. The number of benzene rings is 1. The van der Waals surface area contributed by atoms with Crippen LogP contribution in [0.1, 0.15) is 33.3 Å². The van der Waals surface area contributed by atoms with Crippen molar-refractivity contribution in [3.63, 3.8) is 0 Å². The minimum absolute atomic E-state index is 0.106. The third-order valence-electron chi connectivity index (χ3n) is 4.66. The van der Waals surface area contributed by atoms with Gasteiger partial charge in [0.25, 0.3) is 0 Å². The zero-order valence-electron chi connectivity index (χ0n) is 18.5. The SMILES string of the molecule is CC(C)N(C(C)C)S(=O)(=O)c1ccc(NCc2ccc(Oc3cccnc3)c(F)c2)nc1. The van der Waals surface area contributed by atoms with Crippen LogP contribution in [0.25, 0.3) is 0 Å². The van der Waals surface area contributed by atoms with E-state index in [0.29, 0.717) is 23.7 Å². The fourth-order valence-electron chi connectivity index (χ4n) is 3.37. The van der Waals surface area contributed by atoms with E-state index in [1.807, 2.05) is 27.7 Å². The maximum atomic E-state index is 14.4. The average Bonchev–Trinajstić information content (AvgIpc) is 2.74. The Bertz CT molecular complexity index is 1130. The second-order valence-electron chi connectivity index (χ2n) is 7.81. The quantitative estimate of drug-likeness (QED) is 0.495. The number of anilines is 1. The summed E-state index contributed by atoms with van der Waals surface area (Å²) in [5.41, 5.74) is 0.685. The van der Waals surface area contributed by atoms with Gasteiger partial charge in [0.2, 0.25) is 10.0 Å². The van der Waals surface area contributed by atoms with Crippen molar-refractivity contribution in [3.8, 4) is 11.5 Å². The molecule has 0 amide bonds. The van der Waals surface area contributed by atoms with Crippen LogP contribution >= 0.6 is 0 Å². The topological polar surface area (TPSA) is 84.4 Å². The Hall–Kier alpha value is -3.04. The number of hydrogen-bond donors (Lipinski definition) is 1. The van der Waals surface area contributed by atoms with Gasteiger partial charge in [0.05, 0.1) is 6.20 Å². The fraction of sp³-hybridized carbons (Fsp3) is 0.304. The van der Waals surface area contributed by atoms with Crippen molar-refractivity contribution in [2.75, 3.05) is 5.32 Å². The molecule has 3 aromatic rings. The lowest BCUT2D eigenvalue weighted by molar-refractivity contribution is 0.302. The first-order valence-electron chi connectivity index (χ1n) is 10.3. The second kappa shape index (κ2) is 10.1. The third kappa shape index (κ3) is 5.60. The van der Waals surface area contributed by atoms with E-state index in [-0.39, 0.29) is 22.7 Å². The molecule has 2 aromatic heterocycles. The van der Waals surface area contributed by atoms with E-state index in [1.165, 1.54) is 28.8 Å². The predicted octanol–water partition coefficient (Wildman–Crippen LogP) is 4.83. The Morgan fingerprint density at radius 1 is 1.06 bits per heavy atom. The summed E-state index contributed by atoms with van der Waals surface area (Å²) < 4.78 is 47.2. The van der Waals surface area contributed by atoms with Crippen molar-refractivity contribution < 1.29 is 17.5 Å². The number of sulfonamides is 1. The molecular weight excluding hydrogens is 431 g/mol. The molecule has 0 atom stereocenters. The molecule has 9 heteroatoms. The zero-order valence-corrected chi connectivity index (χ0v) is 19.3. The normalized spacial score (nSPS) is 11.9. The van der Waals surface area contributed by atoms with Crippen LogP contribution in [-0.4, -0.2) is 34.8 Å². The number of hydrogen-bond acceptors (Lipinski definition) is 6. The van der Waals surface area contributed by atoms with Gasteiger partial charge in [-0.15, -0.1) is 0 Å². The molecule has 0 spiro atoms. The van der Waals surface area contributed by atoms with Crippen LogP contribution in [-0.2, 0) is 16.6 Å². The summed E-state index contributed by atoms with van der Waals surface area (Å²) in [4.78, 5) is 8.28. The maximum absolute atomic E-state index is 14.4. The van der Waals surface area contributed by atoms with E-state index < -0.39 is 15.8 Å². The molecule has 1 aromatic carbocycles. The number of halogens is 1. The van der Waals surface area contributed by atoms with Crippen molar-refractivity contribution in [3.05, 3.63) is 72.4 Å².